The molecular weight excluding hydrogens is 945 g/mol. The third-order valence-corrected chi connectivity index (χ3v) is 13.7. The Bertz CT molecular complexity index is 2030. The van der Waals surface area contributed by atoms with Gasteiger partial charge < -0.3 is 81.1 Å². The van der Waals surface area contributed by atoms with Crippen LogP contribution < -0.4 is 11.1 Å². The Labute approximate surface area is 429 Å². The fourth-order valence-corrected chi connectivity index (χ4v) is 9.12. The van der Waals surface area contributed by atoms with E-state index in [9.17, 15) is 60.7 Å². The van der Waals surface area contributed by atoms with Gasteiger partial charge in [0.05, 0.1) is 91.6 Å². The lowest BCUT2D eigenvalue weighted by atomic mass is 9.82. The summed E-state index contributed by atoms with van der Waals surface area (Å²) in [5.41, 5.74) is 6.92. The number of hydrogen-bond donors (Lipinski definition) is 12. The normalized spacial score (nSPS) is 42.2. The van der Waals surface area contributed by atoms with Gasteiger partial charge in [-0.15, -0.1) is 0 Å². The highest BCUT2D eigenvalue weighted by Gasteiger charge is 2.51. The van der Waals surface area contributed by atoms with Crippen LogP contribution >= 0.6 is 0 Å². The number of nitrogens with two attached hydrogens (primary N) is 1. The van der Waals surface area contributed by atoms with Crippen molar-refractivity contribution < 1.29 is 79.6 Å². The first kappa shape index (κ1) is 61.3. The van der Waals surface area contributed by atoms with Crippen LogP contribution in [0.4, 0.5) is 0 Å². The van der Waals surface area contributed by atoms with Crippen molar-refractivity contribution in [1.82, 2.24) is 5.32 Å². The van der Waals surface area contributed by atoms with Crippen molar-refractivity contribution in [2.24, 2.45) is 23.5 Å². The minimum absolute atomic E-state index is 0.0974. The monoisotopic (exact) mass is 1030 g/mol. The number of nitrogens with one attached hydrogen (secondary N) is 1. The van der Waals surface area contributed by atoms with Crippen LogP contribution in [0.5, 0.6) is 0 Å². The van der Waals surface area contributed by atoms with Gasteiger partial charge in [-0.1, -0.05) is 129 Å². The highest BCUT2D eigenvalue weighted by molar-refractivity contribution is 5.80. The number of carbonyl (C=O) groups is 2. The Hall–Kier alpha value is -4.22. The van der Waals surface area contributed by atoms with Gasteiger partial charge >= 0.3 is 5.97 Å². The zero-order valence-electron chi connectivity index (χ0n) is 42.6. The summed E-state index contributed by atoms with van der Waals surface area (Å²) in [7, 11) is 0. The van der Waals surface area contributed by atoms with Crippen molar-refractivity contribution >= 4 is 11.9 Å². The third-order valence-electron chi connectivity index (χ3n) is 13.7. The molecule has 1 amide bonds. The number of allylic oxidation sites excluding steroid dienone is 12. The average molecular weight is 1030 g/mol. The molecule has 0 unspecified atom stereocenters. The van der Waals surface area contributed by atoms with Gasteiger partial charge in [0.2, 0.25) is 5.91 Å². The molecule has 18 nitrogen and oxygen atoms in total. The molecule has 0 aromatic heterocycles. The summed E-state index contributed by atoms with van der Waals surface area (Å²) in [5.74, 6) is -5.67. The predicted molar refractivity (Wildman–Crippen MR) is 272 cm³/mol. The smallest absolute Gasteiger partial charge is 0.308 e. The van der Waals surface area contributed by atoms with E-state index in [0.717, 1.165) is 5.56 Å². The Morgan fingerprint density at radius 3 is 1.89 bits per heavy atom. The zero-order chi connectivity index (χ0) is 53.8. The first-order chi connectivity index (χ1) is 34.6. The zero-order valence-corrected chi connectivity index (χ0v) is 42.6. The van der Waals surface area contributed by atoms with Gasteiger partial charge in [-0.25, -0.2) is 0 Å². The SMILES string of the molecule is C[C@@H]1[C@H](O)[C@@H](C)/C=C/C=C/C=C/C=C/C=C/C=C/C=C/[C@H](O[C@@H]2O[C@H](C)[C@@H](O)[C@H](N)[C@@H]2O)C[C@@H]2O[C@](O)(C[C@@H](O)C[C@@H](O)[C@H](O)CC[C@@H](O)C[C@@H](O)CC(=O)O[C@H]1C)C[C@H](O)[C@H]2C(=O)N[C@H](C)c1ccccc1. The third kappa shape index (κ3) is 20.1. The van der Waals surface area contributed by atoms with E-state index >= 15 is 0 Å². The Morgan fingerprint density at radius 2 is 1.27 bits per heavy atom. The molecule has 0 radical (unpaired) electrons. The number of ether oxygens (including phenoxy) is 4. The second-order valence-corrected chi connectivity index (χ2v) is 19.9. The molecule has 4 rings (SSSR count). The van der Waals surface area contributed by atoms with Gasteiger partial charge in [0.15, 0.2) is 12.1 Å². The number of esters is 1. The maximum absolute atomic E-state index is 14.2. The first-order valence-corrected chi connectivity index (χ1v) is 25.4. The molecule has 2 fully saturated rings. The minimum Gasteiger partial charge on any atom is -0.462 e. The molecule has 0 saturated carbocycles. The standard InChI is InChI=1S/C55H82N2O16/c1-33-21-17-14-12-10-8-6-7-9-11-13-15-20-24-42(72-54-52(67)49(56)51(66)37(5)71-54)30-46-48(53(68)57-35(3)38-22-18-16-19-23-38)45(63)32-55(69,73-46)31-41(60)28-44(62)43(61)26-25-39(58)27-40(59)29-47(64)70-36(4)34(2)50(33)65/h6-24,33-37,39-46,48-52,54,58-63,65-67,69H,25-32,56H2,1-5H3,(H,57,68)/b7-6+,10-8+,11-9+,14-12+,15-13+,21-17+,24-20+/t33-,34-,35+,36-,37+,39+,40+,41-,42-,43+,44+,45-,46-,48+,49-,50+,51+,52-,54-,55+/m0/s1. The van der Waals surface area contributed by atoms with Crippen LogP contribution in [-0.4, -0.2) is 160 Å². The van der Waals surface area contributed by atoms with E-state index in [1.54, 1.807) is 70.2 Å². The largest absolute Gasteiger partial charge is 0.462 e. The number of aliphatic hydroxyl groups excluding tert-OH is 9. The summed E-state index contributed by atoms with van der Waals surface area (Å²) in [6, 6.07) is 7.47. The molecule has 408 valence electrons. The lowest BCUT2D eigenvalue weighted by Gasteiger charge is -2.46. The molecule has 0 aliphatic carbocycles. The maximum Gasteiger partial charge on any atom is 0.308 e. The quantitative estimate of drug-likeness (QED) is 0.189. The second-order valence-electron chi connectivity index (χ2n) is 19.9. The van der Waals surface area contributed by atoms with E-state index in [4.69, 9.17) is 24.7 Å². The van der Waals surface area contributed by atoms with E-state index in [1.807, 2.05) is 79.8 Å². The molecular formula is C55H82N2O16. The fourth-order valence-electron chi connectivity index (χ4n) is 9.12. The summed E-state index contributed by atoms with van der Waals surface area (Å²) < 4.78 is 23.9. The van der Waals surface area contributed by atoms with E-state index in [-0.39, 0.29) is 31.6 Å². The highest BCUT2D eigenvalue weighted by Crippen LogP contribution is 2.38. The number of rotatable bonds is 5. The van der Waals surface area contributed by atoms with Crippen LogP contribution in [0.3, 0.4) is 0 Å². The number of carbonyl (C=O) groups excluding carboxylic acids is 2. The molecule has 20 atom stereocenters. The molecule has 13 N–H and O–H groups in total. The summed E-state index contributed by atoms with van der Waals surface area (Å²) >= 11 is 0. The van der Waals surface area contributed by atoms with Gasteiger partial charge in [0, 0.05) is 37.5 Å². The molecule has 0 spiro atoms. The van der Waals surface area contributed by atoms with Crippen molar-refractivity contribution in [3.05, 3.63) is 121 Å². The van der Waals surface area contributed by atoms with Gasteiger partial charge in [0.25, 0.3) is 0 Å². The van der Waals surface area contributed by atoms with Crippen LogP contribution in [0.1, 0.15) is 97.6 Å². The number of cyclic esters (lactones) is 1. The number of hydrogen-bond acceptors (Lipinski definition) is 17. The second kappa shape index (κ2) is 30.4. The molecule has 1 aromatic carbocycles. The summed E-state index contributed by atoms with van der Waals surface area (Å²) in [5, 5.41) is 113. The van der Waals surface area contributed by atoms with Gasteiger partial charge in [-0.3, -0.25) is 9.59 Å². The number of aliphatic hydroxyl groups is 10. The van der Waals surface area contributed by atoms with Crippen LogP contribution in [0, 0.1) is 17.8 Å². The summed E-state index contributed by atoms with van der Waals surface area (Å²) in [6.45, 7) is 8.57. The van der Waals surface area contributed by atoms with Crippen molar-refractivity contribution in [3.63, 3.8) is 0 Å². The van der Waals surface area contributed by atoms with Crippen molar-refractivity contribution in [1.29, 1.82) is 0 Å². The van der Waals surface area contributed by atoms with E-state index < -0.39 is 153 Å². The van der Waals surface area contributed by atoms with Crippen LogP contribution in [-0.2, 0) is 28.5 Å². The maximum atomic E-state index is 14.2. The minimum atomic E-state index is -2.29. The molecule has 2 saturated heterocycles. The molecule has 73 heavy (non-hydrogen) atoms. The van der Waals surface area contributed by atoms with Crippen LogP contribution in [0.15, 0.2) is 115 Å². The van der Waals surface area contributed by atoms with Crippen LogP contribution in [0.2, 0.25) is 0 Å². The molecule has 1 aromatic rings. The molecule has 3 aliphatic heterocycles. The van der Waals surface area contributed by atoms with E-state index in [1.165, 1.54) is 0 Å². The van der Waals surface area contributed by atoms with E-state index in [2.05, 4.69) is 5.32 Å². The Kier molecular flexibility index (Phi) is 25.5. The van der Waals surface area contributed by atoms with Gasteiger partial charge in [-0.05, 0) is 45.6 Å². The topological polar surface area (TPSA) is 311 Å². The molecule has 3 aliphatic rings. The highest BCUT2D eigenvalue weighted by atomic mass is 16.7. The number of fused-ring (bicyclic) bond motifs is 2. The molecule has 18 heteroatoms. The lowest BCUT2D eigenvalue weighted by molar-refractivity contribution is -0.307. The predicted octanol–water partition coefficient (Wildman–Crippen LogP) is 2.50. The Morgan fingerprint density at radius 1 is 0.685 bits per heavy atom. The first-order valence-electron chi connectivity index (χ1n) is 25.4. The van der Waals surface area contributed by atoms with Gasteiger partial charge in [-0.2, -0.15) is 0 Å². The lowest BCUT2D eigenvalue weighted by Crippen LogP contribution is -2.62. The Balaban J connectivity index is 1.62. The fraction of sp³-hybridized carbons (Fsp3) is 0.600. The van der Waals surface area contributed by atoms with E-state index in [0.29, 0.717) is 0 Å². The van der Waals surface area contributed by atoms with Crippen molar-refractivity contribution in [2.75, 3.05) is 0 Å². The number of amides is 1. The van der Waals surface area contributed by atoms with Gasteiger partial charge in [0.1, 0.15) is 12.2 Å². The molecule has 3 heterocycles. The summed E-state index contributed by atoms with van der Waals surface area (Å²) in [4.78, 5) is 26.9. The number of benzene rings is 1. The van der Waals surface area contributed by atoms with Crippen molar-refractivity contribution in [3.8, 4) is 0 Å². The van der Waals surface area contributed by atoms with Crippen LogP contribution in [0.25, 0.3) is 0 Å². The molecule has 2 bridgehead atoms. The van der Waals surface area contributed by atoms with Crippen molar-refractivity contribution in [2.45, 2.75) is 189 Å². The summed E-state index contributed by atoms with van der Waals surface area (Å²) in [6.07, 6.45) is 4.62. The average Bonchev–Trinajstić information content (AvgIpc) is 3.32.